The van der Waals surface area contributed by atoms with Crippen molar-refractivity contribution in [2.24, 2.45) is 0 Å². The molecule has 0 aliphatic heterocycles. The van der Waals surface area contributed by atoms with E-state index in [-0.39, 0.29) is 18.4 Å². The predicted octanol–water partition coefficient (Wildman–Crippen LogP) is 3.95. The van der Waals surface area contributed by atoms with Crippen LogP contribution in [0, 0.1) is 0 Å². The minimum atomic E-state index is -0.625. The molecule has 0 radical (unpaired) electrons. The van der Waals surface area contributed by atoms with Crippen LogP contribution in [-0.2, 0) is 29.1 Å². The third kappa shape index (κ3) is 6.47. The Labute approximate surface area is 182 Å². The second-order valence-corrected chi connectivity index (χ2v) is 7.33. The lowest BCUT2D eigenvalue weighted by Crippen LogP contribution is -2.47. The maximum Gasteiger partial charge on any atom is 0.242 e. The van der Waals surface area contributed by atoms with Gasteiger partial charge in [0.15, 0.2) is 0 Å². The van der Waals surface area contributed by atoms with Gasteiger partial charge in [-0.1, -0.05) is 42.5 Å². The maximum atomic E-state index is 13.1. The minimum Gasteiger partial charge on any atom is -0.497 e. The van der Waals surface area contributed by atoms with Crippen molar-refractivity contribution in [3.8, 4) is 5.75 Å². The van der Waals surface area contributed by atoms with Crippen LogP contribution >= 0.6 is 0 Å². The summed E-state index contributed by atoms with van der Waals surface area (Å²) < 4.78 is 10.5. The van der Waals surface area contributed by atoms with E-state index in [0.717, 1.165) is 16.9 Å². The van der Waals surface area contributed by atoms with Gasteiger partial charge in [-0.2, -0.15) is 0 Å². The van der Waals surface area contributed by atoms with Gasteiger partial charge in [0.2, 0.25) is 11.8 Å². The molecular formula is C25H28N2O4. The minimum absolute atomic E-state index is 0.0691. The van der Waals surface area contributed by atoms with Gasteiger partial charge in [-0.3, -0.25) is 9.59 Å². The number of hydrogen-bond acceptors (Lipinski definition) is 4. The van der Waals surface area contributed by atoms with Crippen molar-refractivity contribution in [1.29, 1.82) is 0 Å². The molecule has 2 amide bonds. The summed E-state index contributed by atoms with van der Waals surface area (Å²) in [6, 6.07) is 20.3. The van der Waals surface area contributed by atoms with Crippen LogP contribution in [0.25, 0.3) is 0 Å². The lowest BCUT2D eigenvalue weighted by atomic mass is 10.1. The second-order valence-electron chi connectivity index (χ2n) is 7.33. The first-order chi connectivity index (χ1) is 15.1. The molecule has 0 aliphatic rings. The fourth-order valence-corrected chi connectivity index (χ4v) is 3.28. The SMILES string of the molecule is COc1ccc(CN(C(=O)CCc2ccccc2)[C@H](C)C(=O)NCc2ccco2)cc1. The number of nitrogens with zero attached hydrogens (tertiary/aromatic N) is 1. The Morgan fingerprint density at radius 3 is 2.39 bits per heavy atom. The first-order valence-electron chi connectivity index (χ1n) is 10.3. The lowest BCUT2D eigenvalue weighted by Gasteiger charge is -2.29. The molecule has 0 unspecified atom stereocenters. The number of hydrogen-bond donors (Lipinski definition) is 1. The molecular weight excluding hydrogens is 392 g/mol. The van der Waals surface area contributed by atoms with E-state index in [1.807, 2.05) is 54.6 Å². The van der Waals surface area contributed by atoms with Gasteiger partial charge in [-0.15, -0.1) is 0 Å². The van der Waals surface area contributed by atoms with E-state index in [2.05, 4.69) is 5.32 Å². The molecule has 1 heterocycles. The van der Waals surface area contributed by atoms with Gasteiger partial charge in [0.05, 0.1) is 19.9 Å². The molecule has 31 heavy (non-hydrogen) atoms. The molecule has 3 rings (SSSR count). The van der Waals surface area contributed by atoms with Gasteiger partial charge in [0, 0.05) is 13.0 Å². The number of ether oxygens (including phenoxy) is 1. The molecule has 1 aromatic heterocycles. The van der Waals surface area contributed by atoms with Gasteiger partial charge >= 0.3 is 0 Å². The highest BCUT2D eigenvalue weighted by Gasteiger charge is 2.26. The van der Waals surface area contributed by atoms with Gasteiger partial charge in [-0.05, 0) is 48.7 Å². The van der Waals surface area contributed by atoms with Gasteiger partial charge in [0.25, 0.3) is 0 Å². The summed E-state index contributed by atoms with van der Waals surface area (Å²) in [6.07, 6.45) is 2.52. The third-order valence-corrected chi connectivity index (χ3v) is 5.17. The van der Waals surface area contributed by atoms with Crippen molar-refractivity contribution in [3.05, 3.63) is 89.9 Å². The molecule has 2 aromatic carbocycles. The highest BCUT2D eigenvalue weighted by Crippen LogP contribution is 2.16. The summed E-state index contributed by atoms with van der Waals surface area (Å²) in [6.45, 7) is 2.37. The zero-order valence-corrected chi connectivity index (χ0v) is 17.9. The number of nitrogens with one attached hydrogen (secondary N) is 1. The molecule has 1 atom stereocenters. The number of methoxy groups -OCH3 is 1. The summed E-state index contributed by atoms with van der Waals surface area (Å²) in [5.41, 5.74) is 2.02. The van der Waals surface area contributed by atoms with Crippen molar-refractivity contribution >= 4 is 11.8 Å². The van der Waals surface area contributed by atoms with Crippen molar-refractivity contribution < 1.29 is 18.7 Å². The Hall–Kier alpha value is -3.54. The summed E-state index contributed by atoms with van der Waals surface area (Å²) in [5, 5.41) is 2.85. The first-order valence-corrected chi connectivity index (χ1v) is 10.3. The Bertz CT molecular complexity index is 953. The van der Waals surface area contributed by atoms with Crippen molar-refractivity contribution in [3.63, 3.8) is 0 Å². The van der Waals surface area contributed by atoms with Crippen molar-refractivity contribution in [2.75, 3.05) is 7.11 Å². The standard InChI is InChI=1S/C25H28N2O4/c1-19(25(29)26-17-23-9-6-16-31-23)27(18-21-10-13-22(30-2)14-11-21)24(28)15-12-20-7-4-3-5-8-20/h3-11,13-14,16,19H,12,15,17-18H2,1-2H3,(H,26,29)/t19-/m1/s1. The normalized spacial score (nSPS) is 11.5. The highest BCUT2D eigenvalue weighted by molar-refractivity contribution is 5.87. The number of furan rings is 1. The van der Waals surface area contributed by atoms with E-state index >= 15 is 0 Å². The van der Waals surface area contributed by atoms with Crippen LogP contribution in [0.15, 0.2) is 77.4 Å². The zero-order chi connectivity index (χ0) is 22.1. The van der Waals surface area contributed by atoms with Crippen molar-refractivity contribution in [2.45, 2.75) is 38.9 Å². The molecule has 0 saturated heterocycles. The number of amides is 2. The highest BCUT2D eigenvalue weighted by atomic mass is 16.5. The number of benzene rings is 2. The number of carbonyl (C=O) groups excluding carboxylic acids is 2. The fourth-order valence-electron chi connectivity index (χ4n) is 3.28. The van der Waals surface area contributed by atoms with Gasteiger partial charge in [-0.25, -0.2) is 0 Å². The average Bonchev–Trinajstić information content (AvgIpc) is 3.34. The van der Waals surface area contributed by atoms with E-state index in [1.54, 1.807) is 37.3 Å². The molecule has 0 bridgehead atoms. The smallest absolute Gasteiger partial charge is 0.242 e. The van der Waals surface area contributed by atoms with Crippen LogP contribution in [0.2, 0.25) is 0 Å². The van der Waals surface area contributed by atoms with E-state index in [9.17, 15) is 9.59 Å². The van der Waals surface area contributed by atoms with E-state index < -0.39 is 6.04 Å². The summed E-state index contributed by atoms with van der Waals surface area (Å²) in [4.78, 5) is 27.5. The zero-order valence-electron chi connectivity index (χ0n) is 17.9. The van der Waals surface area contributed by atoms with Crippen LogP contribution < -0.4 is 10.1 Å². The average molecular weight is 421 g/mol. The van der Waals surface area contributed by atoms with E-state index in [1.165, 1.54) is 0 Å². The molecule has 1 N–H and O–H groups in total. The molecule has 0 aliphatic carbocycles. The molecule has 0 spiro atoms. The van der Waals surface area contributed by atoms with Crippen LogP contribution in [0.3, 0.4) is 0 Å². The Kier molecular flexibility index (Phi) is 7.87. The number of rotatable bonds is 10. The summed E-state index contributed by atoms with van der Waals surface area (Å²) >= 11 is 0. The Balaban J connectivity index is 1.69. The molecule has 3 aromatic rings. The summed E-state index contributed by atoms with van der Waals surface area (Å²) in [7, 11) is 1.61. The maximum absolute atomic E-state index is 13.1. The van der Waals surface area contributed by atoms with Crippen molar-refractivity contribution in [1.82, 2.24) is 10.2 Å². The molecule has 6 nitrogen and oxygen atoms in total. The van der Waals surface area contributed by atoms with E-state index in [0.29, 0.717) is 25.1 Å². The number of aryl methyl sites for hydroxylation is 1. The molecule has 162 valence electrons. The van der Waals surface area contributed by atoms with E-state index in [4.69, 9.17) is 9.15 Å². The quantitative estimate of drug-likeness (QED) is 0.539. The van der Waals surface area contributed by atoms with Crippen LogP contribution in [-0.4, -0.2) is 29.9 Å². The van der Waals surface area contributed by atoms with Crippen LogP contribution in [0.4, 0.5) is 0 Å². The molecule has 0 saturated carbocycles. The van der Waals surface area contributed by atoms with Gasteiger partial charge < -0.3 is 19.4 Å². The second kappa shape index (κ2) is 11.0. The Morgan fingerprint density at radius 1 is 1.00 bits per heavy atom. The van der Waals surface area contributed by atoms with Crippen LogP contribution in [0.5, 0.6) is 5.75 Å². The predicted molar refractivity (Wildman–Crippen MR) is 118 cm³/mol. The lowest BCUT2D eigenvalue weighted by molar-refractivity contribution is -0.140. The largest absolute Gasteiger partial charge is 0.497 e. The fraction of sp³-hybridized carbons (Fsp3) is 0.280. The third-order valence-electron chi connectivity index (χ3n) is 5.17. The van der Waals surface area contributed by atoms with Gasteiger partial charge in [0.1, 0.15) is 17.6 Å². The molecule has 6 heteroatoms. The topological polar surface area (TPSA) is 71.8 Å². The summed E-state index contributed by atoms with van der Waals surface area (Å²) in [5.74, 6) is 1.12. The Morgan fingerprint density at radius 2 is 1.74 bits per heavy atom. The molecule has 0 fully saturated rings. The van der Waals surface area contributed by atoms with Crippen LogP contribution in [0.1, 0.15) is 30.2 Å². The monoisotopic (exact) mass is 420 g/mol. The first kappa shape index (κ1) is 22.2. The number of carbonyl (C=O) groups is 2.